The molecule has 2 aliphatic rings. The Balaban J connectivity index is 1.27. The third-order valence-corrected chi connectivity index (χ3v) is 7.40. The van der Waals surface area contributed by atoms with Crippen molar-refractivity contribution in [1.82, 2.24) is 4.90 Å². The average molecular weight is 411 g/mol. The number of likely N-dealkylation sites (tertiary alicyclic amines) is 1. The van der Waals surface area contributed by atoms with E-state index in [-0.39, 0.29) is 5.54 Å². The van der Waals surface area contributed by atoms with Crippen LogP contribution in [0.5, 0.6) is 0 Å². The van der Waals surface area contributed by atoms with Gasteiger partial charge in [0.15, 0.2) is 5.78 Å². The van der Waals surface area contributed by atoms with E-state index < -0.39 is 0 Å². The van der Waals surface area contributed by atoms with Crippen LogP contribution in [0.25, 0.3) is 0 Å². The number of nitrogens with zero attached hydrogens (tertiary/aromatic N) is 2. The van der Waals surface area contributed by atoms with Crippen molar-refractivity contribution in [3.8, 4) is 0 Å². The first kappa shape index (κ1) is 20.0. The quantitative estimate of drug-likeness (QED) is 0.564. The van der Waals surface area contributed by atoms with Gasteiger partial charge in [0, 0.05) is 37.3 Å². The Kier molecular flexibility index (Phi) is 5.37. The second-order valence-corrected chi connectivity index (χ2v) is 8.94. The molecule has 0 amide bonds. The van der Waals surface area contributed by atoms with Gasteiger partial charge in [-0.2, -0.15) is 0 Å². The smallest absolute Gasteiger partial charge is 0.190 e. The highest BCUT2D eigenvalue weighted by atomic mass is 16.1. The minimum atomic E-state index is -0.349. The van der Waals surface area contributed by atoms with E-state index >= 15 is 0 Å². The number of carbonyl (C=O) groups is 1. The van der Waals surface area contributed by atoms with E-state index in [4.69, 9.17) is 0 Å². The first-order valence-electron chi connectivity index (χ1n) is 11.4. The molecule has 0 N–H and O–H groups in total. The number of piperidine rings is 1. The zero-order valence-corrected chi connectivity index (χ0v) is 18.2. The number of likely N-dealkylation sites (N-methyl/N-ethyl adjacent to an activating group) is 1. The number of para-hydroxylation sites is 1. The molecule has 5 rings (SSSR count). The molecule has 2 heterocycles. The maximum Gasteiger partial charge on any atom is 0.190 e. The molecule has 158 valence electrons. The summed E-state index contributed by atoms with van der Waals surface area (Å²) in [5, 5.41) is 0. The molecule has 31 heavy (non-hydrogen) atoms. The Hall–Kier alpha value is -2.91. The van der Waals surface area contributed by atoms with Crippen LogP contribution in [0.15, 0.2) is 84.9 Å². The normalized spacial score (nSPS) is 18.0. The van der Waals surface area contributed by atoms with Crippen molar-refractivity contribution in [2.75, 3.05) is 31.6 Å². The number of rotatable bonds is 5. The lowest BCUT2D eigenvalue weighted by molar-refractivity contribution is 0.0799. The molecule has 0 bridgehead atoms. The van der Waals surface area contributed by atoms with Crippen molar-refractivity contribution in [1.29, 1.82) is 0 Å². The molecular weight excluding hydrogens is 380 g/mol. The van der Waals surface area contributed by atoms with E-state index in [0.717, 1.165) is 50.1 Å². The topological polar surface area (TPSA) is 23.6 Å². The molecule has 0 radical (unpaired) electrons. The van der Waals surface area contributed by atoms with Gasteiger partial charge < -0.3 is 9.80 Å². The Morgan fingerprint density at radius 2 is 1.35 bits per heavy atom. The monoisotopic (exact) mass is 410 g/mol. The van der Waals surface area contributed by atoms with E-state index in [0.29, 0.717) is 11.7 Å². The third-order valence-electron chi connectivity index (χ3n) is 7.40. The number of anilines is 1. The summed E-state index contributed by atoms with van der Waals surface area (Å²) >= 11 is 0. The molecule has 0 aliphatic carbocycles. The molecule has 3 nitrogen and oxygen atoms in total. The summed E-state index contributed by atoms with van der Waals surface area (Å²) in [7, 11) is 2.10. The van der Waals surface area contributed by atoms with Crippen molar-refractivity contribution in [2.45, 2.75) is 30.7 Å². The summed E-state index contributed by atoms with van der Waals surface area (Å²) in [4.78, 5) is 18.1. The Labute approximate surface area is 185 Å². The van der Waals surface area contributed by atoms with Gasteiger partial charge in [-0.1, -0.05) is 72.8 Å². The van der Waals surface area contributed by atoms with Crippen LogP contribution < -0.4 is 4.90 Å². The fraction of sp³-hybridized carbons (Fsp3) is 0.321. The molecule has 0 aromatic heterocycles. The first-order chi connectivity index (χ1) is 15.2. The maximum absolute atomic E-state index is 13.3. The fourth-order valence-electron chi connectivity index (χ4n) is 5.51. The molecule has 0 unspecified atom stereocenters. The molecule has 3 heteroatoms. The van der Waals surface area contributed by atoms with Crippen LogP contribution in [0.4, 0.5) is 5.69 Å². The Morgan fingerprint density at radius 3 is 1.94 bits per heavy atom. The number of Topliss-reactive ketones (excluding diaryl/α,β-unsaturated/α-hetero) is 1. The number of hydrogen-bond donors (Lipinski definition) is 0. The van der Waals surface area contributed by atoms with E-state index in [1.807, 2.05) is 18.2 Å². The lowest BCUT2D eigenvalue weighted by Crippen LogP contribution is -2.56. The van der Waals surface area contributed by atoms with Gasteiger partial charge in [0.25, 0.3) is 0 Å². The van der Waals surface area contributed by atoms with Gasteiger partial charge in [-0.3, -0.25) is 4.79 Å². The number of fused-ring (bicyclic) bond motifs is 1. The molecule has 3 aromatic carbocycles. The third kappa shape index (κ3) is 3.57. The van der Waals surface area contributed by atoms with E-state index in [1.165, 1.54) is 11.1 Å². The van der Waals surface area contributed by atoms with E-state index in [9.17, 15) is 4.79 Å². The average Bonchev–Trinajstić information content (AvgIpc) is 3.04. The summed E-state index contributed by atoms with van der Waals surface area (Å²) in [5.74, 6) is 0.718. The van der Waals surface area contributed by atoms with Gasteiger partial charge >= 0.3 is 0 Å². The summed E-state index contributed by atoms with van der Waals surface area (Å²) in [5.41, 5.74) is 4.39. The van der Waals surface area contributed by atoms with Crippen LogP contribution in [0.3, 0.4) is 0 Å². The van der Waals surface area contributed by atoms with Crippen LogP contribution in [0.1, 0.15) is 46.7 Å². The van der Waals surface area contributed by atoms with Gasteiger partial charge in [0.2, 0.25) is 0 Å². The van der Waals surface area contributed by atoms with Crippen molar-refractivity contribution in [2.24, 2.45) is 0 Å². The molecule has 1 fully saturated rings. The van der Waals surface area contributed by atoms with Crippen molar-refractivity contribution in [3.63, 3.8) is 0 Å². The summed E-state index contributed by atoms with van der Waals surface area (Å²) in [6, 6.07) is 29.8. The van der Waals surface area contributed by atoms with Crippen LogP contribution >= 0.6 is 0 Å². The number of benzene rings is 3. The zero-order chi connectivity index (χ0) is 21.3. The minimum Gasteiger partial charge on any atom is -0.361 e. The molecule has 3 aromatic rings. The number of carbonyl (C=O) groups excluding carboxylic acids is 1. The van der Waals surface area contributed by atoms with Crippen LogP contribution in [0.2, 0.25) is 0 Å². The number of hydrogen-bond acceptors (Lipinski definition) is 3. The van der Waals surface area contributed by atoms with Crippen molar-refractivity contribution >= 4 is 11.5 Å². The zero-order valence-electron chi connectivity index (χ0n) is 18.2. The Bertz CT molecular complexity index is 999. The molecule has 1 spiro atoms. The van der Waals surface area contributed by atoms with E-state index in [2.05, 4.69) is 83.6 Å². The SMILES string of the molecule is CN1c2ccccc2C(=O)C12CCN(CCC(c1ccccc1)c1ccccc1)CC2. The van der Waals surface area contributed by atoms with Crippen LogP contribution in [0, 0.1) is 0 Å². The second kappa shape index (κ2) is 8.32. The first-order valence-corrected chi connectivity index (χ1v) is 11.4. The molecule has 0 atom stereocenters. The standard InChI is InChI=1S/C28H30N2O/c1-29-26-15-9-8-14-25(26)27(31)28(29)17-20-30(21-18-28)19-16-24(22-10-4-2-5-11-22)23-12-6-3-7-13-23/h2-15,24H,16-21H2,1H3. The maximum atomic E-state index is 13.3. The van der Waals surface area contributed by atoms with Gasteiger partial charge in [0.1, 0.15) is 5.54 Å². The van der Waals surface area contributed by atoms with Crippen molar-refractivity contribution in [3.05, 3.63) is 102 Å². The minimum absolute atomic E-state index is 0.316. The lowest BCUT2D eigenvalue weighted by Gasteiger charge is -2.43. The Morgan fingerprint density at radius 1 is 0.806 bits per heavy atom. The van der Waals surface area contributed by atoms with Gasteiger partial charge in [-0.05, 0) is 49.1 Å². The summed E-state index contributed by atoms with van der Waals surface area (Å²) in [6.07, 6.45) is 2.89. The van der Waals surface area contributed by atoms with Gasteiger partial charge in [0.05, 0.1) is 0 Å². The second-order valence-electron chi connectivity index (χ2n) is 8.94. The van der Waals surface area contributed by atoms with Gasteiger partial charge in [-0.25, -0.2) is 0 Å². The summed E-state index contributed by atoms with van der Waals surface area (Å²) in [6.45, 7) is 3.00. The number of ketones is 1. The molecule has 1 saturated heterocycles. The highest BCUT2D eigenvalue weighted by molar-refractivity contribution is 6.14. The van der Waals surface area contributed by atoms with Crippen LogP contribution in [-0.2, 0) is 0 Å². The summed E-state index contributed by atoms with van der Waals surface area (Å²) < 4.78 is 0. The highest BCUT2D eigenvalue weighted by Crippen LogP contribution is 2.43. The highest BCUT2D eigenvalue weighted by Gasteiger charge is 2.50. The predicted molar refractivity (Wildman–Crippen MR) is 127 cm³/mol. The van der Waals surface area contributed by atoms with Crippen LogP contribution in [-0.4, -0.2) is 42.9 Å². The largest absolute Gasteiger partial charge is 0.361 e. The fourth-order valence-corrected chi connectivity index (χ4v) is 5.51. The molecule has 2 aliphatic heterocycles. The van der Waals surface area contributed by atoms with E-state index in [1.54, 1.807) is 0 Å². The van der Waals surface area contributed by atoms with Gasteiger partial charge in [-0.15, -0.1) is 0 Å². The molecular formula is C28H30N2O. The predicted octanol–water partition coefficient (Wildman–Crippen LogP) is 5.38. The lowest BCUT2D eigenvalue weighted by atomic mass is 9.82. The molecule has 0 saturated carbocycles. The van der Waals surface area contributed by atoms with Crippen molar-refractivity contribution < 1.29 is 4.79 Å².